The van der Waals surface area contributed by atoms with Crippen LogP contribution in [-0.2, 0) is 18.0 Å². The number of benzene rings is 2. The quantitative estimate of drug-likeness (QED) is 0.740. The minimum Gasteiger partial charge on any atom is -0.489 e. The van der Waals surface area contributed by atoms with Gasteiger partial charge in [-0.1, -0.05) is 12.1 Å². The number of aromatic carboxylic acids is 1. The summed E-state index contributed by atoms with van der Waals surface area (Å²) in [6.07, 6.45) is 0. The van der Waals surface area contributed by atoms with Crippen LogP contribution in [0, 0.1) is 5.82 Å². The molecule has 0 unspecified atom stereocenters. The summed E-state index contributed by atoms with van der Waals surface area (Å²) >= 11 is 0. The van der Waals surface area contributed by atoms with Crippen LogP contribution < -0.4 is 4.74 Å². The summed E-state index contributed by atoms with van der Waals surface area (Å²) in [5.74, 6) is -0.705. The van der Waals surface area contributed by atoms with Crippen LogP contribution in [0.2, 0.25) is 0 Å². The van der Waals surface area contributed by atoms with E-state index in [2.05, 4.69) is 0 Å². The van der Waals surface area contributed by atoms with Crippen molar-refractivity contribution < 1.29 is 28.2 Å². The van der Waals surface area contributed by atoms with Crippen LogP contribution in [0.4, 0.5) is 4.39 Å². The van der Waals surface area contributed by atoms with Gasteiger partial charge in [0, 0.05) is 12.5 Å². The molecule has 0 fully saturated rings. The van der Waals surface area contributed by atoms with Crippen molar-refractivity contribution in [2.45, 2.75) is 13.2 Å². The highest BCUT2D eigenvalue weighted by Gasteiger charge is 2.20. The molecular formula is C18H15FO5. The number of hydrogen-bond acceptors (Lipinski definition) is 4. The number of carbonyl (C=O) groups is 1. The number of rotatable bonds is 6. The molecule has 0 aliphatic heterocycles. The van der Waals surface area contributed by atoms with Gasteiger partial charge in [-0.3, -0.25) is 0 Å². The number of ether oxygens (including phenoxy) is 2. The lowest BCUT2D eigenvalue weighted by molar-refractivity contribution is 0.0690. The highest BCUT2D eigenvalue weighted by Crippen LogP contribution is 2.30. The van der Waals surface area contributed by atoms with Crippen molar-refractivity contribution in [3.8, 4) is 5.75 Å². The molecule has 124 valence electrons. The molecule has 2 aromatic carbocycles. The van der Waals surface area contributed by atoms with Crippen LogP contribution in [-0.4, -0.2) is 18.2 Å². The van der Waals surface area contributed by atoms with Crippen LogP contribution in [0.1, 0.15) is 21.7 Å². The zero-order valence-electron chi connectivity index (χ0n) is 12.9. The third-order valence-electron chi connectivity index (χ3n) is 3.52. The first kappa shape index (κ1) is 16.0. The Morgan fingerprint density at radius 1 is 1.21 bits per heavy atom. The predicted octanol–water partition coefficient (Wildman–Crippen LogP) is 4.00. The molecule has 1 aromatic heterocycles. The number of carboxylic acid groups (broad SMARTS) is 1. The fourth-order valence-corrected chi connectivity index (χ4v) is 2.48. The molecule has 5 nitrogen and oxygen atoms in total. The van der Waals surface area contributed by atoms with Crippen LogP contribution >= 0.6 is 0 Å². The first-order chi connectivity index (χ1) is 11.6. The summed E-state index contributed by atoms with van der Waals surface area (Å²) in [5.41, 5.74) is 1.18. The second-order valence-electron chi connectivity index (χ2n) is 5.21. The Kier molecular flexibility index (Phi) is 4.48. The van der Waals surface area contributed by atoms with Crippen molar-refractivity contribution in [3.63, 3.8) is 0 Å². The number of halogens is 1. The van der Waals surface area contributed by atoms with E-state index in [0.717, 1.165) is 0 Å². The molecule has 24 heavy (non-hydrogen) atoms. The van der Waals surface area contributed by atoms with Crippen molar-refractivity contribution in [3.05, 3.63) is 65.2 Å². The molecule has 1 heterocycles. The van der Waals surface area contributed by atoms with Crippen molar-refractivity contribution in [1.82, 2.24) is 0 Å². The van der Waals surface area contributed by atoms with Crippen molar-refractivity contribution in [2.24, 2.45) is 0 Å². The largest absolute Gasteiger partial charge is 0.489 e. The maximum atomic E-state index is 13.2. The molecule has 0 amide bonds. The molecule has 0 aliphatic rings. The van der Waals surface area contributed by atoms with Gasteiger partial charge in [-0.25, -0.2) is 9.18 Å². The lowest BCUT2D eigenvalue weighted by Gasteiger charge is -2.06. The van der Waals surface area contributed by atoms with Gasteiger partial charge in [-0.15, -0.1) is 0 Å². The maximum Gasteiger partial charge on any atom is 0.340 e. The SMILES string of the molecule is COCc1oc2ccc(OCc3cccc(F)c3)cc2c1C(=O)O. The van der Waals surface area contributed by atoms with E-state index >= 15 is 0 Å². The average Bonchev–Trinajstić information content (AvgIpc) is 2.90. The molecule has 0 bridgehead atoms. The van der Waals surface area contributed by atoms with E-state index in [1.54, 1.807) is 30.3 Å². The molecule has 3 rings (SSSR count). The molecule has 3 aromatic rings. The normalized spacial score (nSPS) is 10.9. The molecule has 0 saturated heterocycles. The Morgan fingerprint density at radius 3 is 2.75 bits per heavy atom. The van der Waals surface area contributed by atoms with Gasteiger partial charge in [0.15, 0.2) is 0 Å². The first-order valence-corrected chi connectivity index (χ1v) is 7.23. The Balaban J connectivity index is 1.89. The standard InChI is InChI=1S/C18H15FO5/c1-22-10-16-17(18(20)21)14-8-13(5-6-15(14)24-16)23-9-11-3-2-4-12(19)7-11/h2-8H,9-10H2,1H3,(H,20,21). The highest BCUT2D eigenvalue weighted by molar-refractivity contribution is 6.04. The van der Waals surface area contributed by atoms with Crippen LogP contribution in [0.3, 0.4) is 0 Å². The Morgan fingerprint density at radius 2 is 2.04 bits per heavy atom. The van der Waals surface area contributed by atoms with E-state index in [4.69, 9.17) is 13.9 Å². The fraction of sp³-hybridized carbons (Fsp3) is 0.167. The van der Waals surface area contributed by atoms with E-state index in [1.165, 1.54) is 19.2 Å². The molecule has 0 spiro atoms. The van der Waals surface area contributed by atoms with Crippen molar-refractivity contribution >= 4 is 16.9 Å². The summed E-state index contributed by atoms with van der Waals surface area (Å²) < 4.78 is 29.3. The van der Waals surface area contributed by atoms with E-state index in [9.17, 15) is 14.3 Å². The first-order valence-electron chi connectivity index (χ1n) is 7.23. The Hall–Kier alpha value is -2.86. The van der Waals surface area contributed by atoms with E-state index in [1.807, 2.05) is 0 Å². The zero-order valence-corrected chi connectivity index (χ0v) is 12.9. The molecule has 6 heteroatoms. The lowest BCUT2D eigenvalue weighted by Crippen LogP contribution is -2.00. The number of hydrogen-bond donors (Lipinski definition) is 1. The van der Waals surface area contributed by atoms with Gasteiger partial charge in [0.1, 0.15) is 41.7 Å². The summed E-state index contributed by atoms with van der Waals surface area (Å²) in [6.45, 7) is 0.240. The third kappa shape index (κ3) is 3.23. The summed E-state index contributed by atoms with van der Waals surface area (Å²) in [4.78, 5) is 11.5. The molecular weight excluding hydrogens is 315 g/mol. The lowest BCUT2D eigenvalue weighted by atomic mass is 10.1. The second kappa shape index (κ2) is 6.72. The Bertz CT molecular complexity index is 884. The second-order valence-corrected chi connectivity index (χ2v) is 5.21. The smallest absolute Gasteiger partial charge is 0.340 e. The number of furan rings is 1. The number of carboxylic acids is 1. The highest BCUT2D eigenvalue weighted by atomic mass is 19.1. The number of fused-ring (bicyclic) bond motifs is 1. The minimum atomic E-state index is -1.09. The molecule has 0 radical (unpaired) electrons. The third-order valence-corrected chi connectivity index (χ3v) is 3.52. The van der Waals surface area contributed by atoms with Crippen LogP contribution in [0.15, 0.2) is 46.9 Å². The molecule has 0 saturated carbocycles. The zero-order chi connectivity index (χ0) is 17.1. The topological polar surface area (TPSA) is 68.9 Å². The average molecular weight is 330 g/mol. The van der Waals surface area contributed by atoms with Gasteiger partial charge in [0.2, 0.25) is 0 Å². The minimum absolute atomic E-state index is 0.0584. The molecule has 0 atom stereocenters. The molecule has 0 aliphatic carbocycles. The fourth-order valence-electron chi connectivity index (χ4n) is 2.48. The van der Waals surface area contributed by atoms with E-state index < -0.39 is 5.97 Å². The Labute approximate surface area is 137 Å². The summed E-state index contributed by atoms with van der Waals surface area (Å²) in [7, 11) is 1.46. The summed E-state index contributed by atoms with van der Waals surface area (Å²) in [5, 5.41) is 9.85. The van der Waals surface area contributed by atoms with Gasteiger partial charge in [-0.2, -0.15) is 0 Å². The molecule has 1 N–H and O–H groups in total. The maximum absolute atomic E-state index is 13.2. The monoisotopic (exact) mass is 330 g/mol. The van der Waals surface area contributed by atoms with Crippen LogP contribution in [0.25, 0.3) is 11.0 Å². The van der Waals surface area contributed by atoms with E-state index in [0.29, 0.717) is 22.3 Å². The summed E-state index contributed by atoms with van der Waals surface area (Å²) in [6, 6.07) is 11.0. The van der Waals surface area contributed by atoms with Crippen molar-refractivity contribution in [1.29, 1.82) is 0 Å². The predicted molar refractivity (Wildman–Crippen MR) is 84.6 cm³/mol. The van der Waals surface area contributed by atoms with E-state index in [-0.39, 0.29) is 30.4 Å². The van der Waals surface area contributed by atoms with Crippen LogP contribution in [0.5, 0.6) is 5.75 Å². The van der Waals surface area contributed by atoms with Gasteiger partial charge in [0.25, 0.3) is 0 Å². The van der Waals surface area contributed by atoms with Crippen molar-refractivity contribution in [2.75, 3.05) is 7.11 Å². The van der Waals surface area contributed by atoms with Gasteiger partial charge >= 0.3 is 5.97 Å². The van der Waals surface area contributed by atoms with Gasteiger partial charge in [0.05, 0.1) is 0 Å². The van der Waals surface area contributed by atoms with Gasteiger partial charge in [-0.05, 0) is 35.9 Å². The number of methoxy groups -OCH3 is 1. The van der Waals surface area contributed by atoms with Gasteiger partial charge < -0.3 is 19.0 Å².